The lowest BCUT2D eigenvalue weighted by Crippen LogP contribution is -2.28. The molecule has 0 saturated heterocycles. The van der Waals surface area contributed by atoms with Crippen LogP contribution in [0, 0.1) is 12.7 Å². The predicted octanol–water partition coefficient (Wildman–Crippen LogP) is 4.12. The Morgan fingerprint density at radius 2 is 2.04 bits per heavy atom. The van der Waals surface area contributed by atoms with Gasteiger partial charge in [0.1, 0.15) is 17.7 Å². The molecule has 7 heteroatoms. The Kier molecular flexibility index (Phi) is 6.91. The molecule has 1 aromatic heterocycles. The van der Waals surface area contributed by atoms with Crippen LogP contribution in [0.15, 0.2) is 34.9 Å². The van der Waals surface area contributed by atoms with E-state index in [9.17, 15) is 14.0 Å². The van der Waals surface area contributed by atoms with Crippen molar-refractivity contribution in [3.05, 3.63) is 47.7 Å². The Morgan fingerprint density at radius 1 is 1.27 bits per heavy atom. The number of hydrogen-bond acceptors (Lipinski definition) is 4. The first-order chi connectivity index (χ1) is 12.4. The van der Waals surface area contributed by atoms with Crippen LogP contribution in [0.25, 0.3) is 0 Å². The maximum atomic E-state index is 14.0. The van der Waals surface area contributed by atoms with Gasteiger partial charge in [0.05, 0.1) is 17.5 Å². The van der Waals surface area contributed by atoms with Crippen molar-refractivity contribution in [1.29, 1.82) is 0 Å². The van der Waals surface area contributed by atoms with E-state index in [1.807, 2.05) is 6.92 Å². The van der Waals surface area contributed by atoms with E-state index < -0.39 is 17.8 Å². The number of anilines is 2. The second kappa shape index (κ2) is 9.15. The summed E-state index contributed by atoms with van der Waals surface area (Å²) in [4.78, 5) is 24.3. The van der Waals surface area contributed by atoms with Crippen LogP contribution in [0.5, 0.6) is 0 Å². The van der Waals surface area contributed by atoms with Gasteiger partial charge < -0.3 is 19.8 Å². The average Bonchev–Trinajstić information content (AvgIpc) is 3.04. The second-order valence-corrected chi connectivity index (χ2v) is 5.90. The molecular formula is C19H23FN2O4. The monoisotopic (exact) mass is 362 g/mol. The molecule has 26 heavy (non-hydrogen) atoms. The lowest BCUT2D eigenvalue weighted by Gasteiger charge is -2.14. The standard InChI is InChI=1S/C19H23FN2O4/c1-4-5-9-25-13(3)18(23)21-14-6-7-16(20)17(11-14)22-19(24)15-8-10-26-12(15)2/h6-8,10-11,13H,4-5,9H2,1-3H3,(H,21,23)(H,22,24). The first kappa shape index (κ1) is 19.7. The lowest BCUT2D eigenvalue weighted by molar-refractivity contribution is -0.126. The number of hydrogen-bond donors (Lipinski definition) is 2. The molecule has 1 heterocycles. The number of furan rings is 1. The summed E-state index contributed by atoms with van der Waals surface area (Å²) >= 11 is 0. The normalized spacial score (nSPS) is 11.8. The van der Waals surface area contributed by atoms with E-state index >= 15 is 0 Å². The number of benzene rings is 1. The molecule has 2 amide bonds. The van der Waals surface area contributed by atoms with Crippen LogP contribution in [0.2, 0.25) is 0 Å². The van der Waals surface area contributed by atoms with Crippen LogP contribution < -0.4 is 10.6 Å². The Balaban J connectivity index is 2.03. The summed E-state index contributed by atoms with van der Waals surface area (Å²) in [5.41, 5.74) is 0.645. The summed E-state index contributed by atoms with van der Waals surface area (Å²) < 4.78 is 24.5. The number of carbonyl (C=O) groups excluding carboxylic acids is 2. The number of aryl methyl sites for hydroxylation is 1. The van der Waals surface area contributed by atoms with Gasteiger partial charge in [-0.05, 0) is 44.5 Å². The van der Waals surface area contributed by atoms with Crippen LogP contribution in [-0.4, -0.2) is 24.5 Å². The largest absolute Gasteiger partial charge is 0.469 e. The highest BCUT2D eigenvalue weighted by Gasteiger charge is 2.16. The van der Waals surface area contributed by atoms with Crippen LogP contribution >= 0.6 is 0 Å². The maximum absolute atomic E-state index is 14.0. The Morgan fingerprint density at radius 3 is 2.69 bits per heavy atom. The van der Waals surface area contributed by atoms with Crippen molar-refractivity contribution in [2.24, 2.45) is 0 Å². The first-order valence-corrected chi connectivity index (χ1v) is 8.49. The van der Waals surface area contributed by atoms with E-state index in [-0.39, 0.29) is 11.6 Å². The summed E-state index contributed by atoms with van der Waals surface area (Å²) in [5.74, 6) is -0.999. The smallest absolute Gasteiger partial charge is 0.259 e. The van der Waals surface area contributed by atoms with E-state index in [1.54, 1.807) is 13.8 Å². The SMILES string of the molecule is CCCCOC(C)C(=O)Nc1ccc(F)c(NC(=O)c2ccoc2C)c1. The fourth-order valence-corrected chi connectivity index (χ4v) is 2.23. The van der Waals surface area contributed by atoms with Gasteiger partial charge in [0.15, 0.2) is 0 Å². The van der Waals surface area contributed by atoms with E-state index in [1.165, 1.54) is 30.5 Å². The molecule has 0 aliphatic heterocycles. The van der Waals surface area contributed by atoms with Crippen molar-refractivity contribution >= 4 is 23.2 Å². The van der Waals surface area contributed by atoms with Crippen LogP contribution in [0.4, 0.5) is 15.8 Å². The van der Waals surface area contributed by atoms with Gasteiger partial charge in [0, 0.05) is 12.3 Å². The van der Waals surface area contributed by atoms with Gasteiger partial charge in [0.25, 0.3) is 11.8 Å². The highest BCUT2D eigenvalue weighted by Crippen LogP contribution is 2.21. The van der Waals surface area contributed by atoms with Gasteiger partial charge >= 0.3 is 0 Å². The van der Waals surface area contributed by atoms with Crippen LogP contribution in [0.1, 0.15) is 42.8 Å². The van der Waals surface area contributed by atoms with E-state index in [0.29, 0.717) is 23.6 Å². The molecule has 6 nitrogen and oxygen atoms in total. The summed E-state index contributed by atoms with van der Waals surface area (Å²) in [6, 6.07) is 5.46. The maximum Gasteiger partial charge on any atom is 0.259 e. The predicted molar refractivity (Wildman–Crippen MR) is 96.7 cm³/mol. The number of ether oxygens (including phenoxy) is 1. The summed E-state index contributed by atoms with van der Waals surface area (Å²) in [5, 5.41) is 5.14. The van der Waals surface area contributed by atoms with Crippen molar-refractivity contribution in [2.75, 3.05) is 17.2 Å². The number of unbranched alkanes of at least 4 members (excludes halogenated alkanes) is 1. The van der Waals surface area contributed by atoms with Crippen molar-refractivity contribution in [1.82, 2.24) is 0 Å². The molecule has 1 aromatic carbocycles. The Hall–Kier alpha value is -2.67. The summed E-state index contributed by atoms with van der Waals surface area (Å²) in [7, 11) is 0. The zero-order chi connectivity index (χ0) is 19.1. The molecule has 0 aliphatic rings. The van der Waals surface area contributed by atoms with E-state index in [2.05, 4.69) is 10.6 Å². The topological polar surface area (TPSA) is 80.6 Å². The molecule has 1 unspecified atom stereocenters. The molecule has 2 N–H and O–H groups in total. The molecule has 140 valence electrons. The highest BCUT2D eigenvalue weighted by atomic mass is 19.1. The molecule has 1 atom stereocenters. The van der Waals surface area contributed by atoms with Gasteiger partial charge in [-0.15, -0.1) is 0 Å². The zero-order valence-electron chi connectivity index (χ0n) is 15.1. The average molecular weight is 362 g/mol. The fraction of sp³-hybridized carbons (Fsp3) is 0.368. The number of rotatable bonds is 8. The minimum absolute atomic E-state index is 0.0343. The fourth-order valence-electron chi connectivity index (χ4n) is 2.23. The second-order valence-electron chi connectivity index (χ2n) is 5.90. The molecular weight excluding hydrogens is 339 g/mol. The minimum atomic E-state index is -0.627. The minimum Gasteiger partial charge on any atom is -0.469 e. The number of amides is 2. The van der Waals surface area contributed by atoms with Crippen molar-refractivity contribution in [3.8, 4) is 0 Å². The number of nitrogens with one attached hydrogen (secondary N) is 2. The summed E-state index contributed by atoms with van der Waals surface area (Å²) in [6.45, 7) is 5.83. The molecule has 0 bridgehead atoms. The van der Waals surface area contributed by atoms with Crippen LogP contribution in [-0.2, 0) is 9.53 Å². The highest BCUT2D eigenvalue weighted by molar-refractivity contribution is 6.05. The van der Waals surface area contributed by atoms with Gasteiger partial charge in [0.2, 0.25) is 0 Å². The molecule has 2 aromatic rings. The first-order valence-electron chi connectivity index (χ1n) is 8.49. The molecule has 0 aliphatic carbocycles. The number of halogens is 1. The van der Waals surface area contributed by atoms with Gasteiger partial charge in [-0.3, -0.25) is 9.59 Å². The zero-order valence-corrected chi connectivity index (χ0v) is 15.1. The lowest BCUT2D eigenvalue weighted by atomic mass is 10.2. The van der Waals surface area contributed by atoms with Crippen molar-refractivity contribution in [2.45, 2.75) is 39.7 Å². The van der Waals surface area contributed by atoms with Gasteiger partial charge in [-0.1, -0.05) is 13.3 Å². The summed E-state index contributed by atoms with van der Waals surface area (Å²) in [6.07, 6.45) is 2.61. The Bertz CT molecular complexity index is 773. The van der Waals surface area contributed by atoms with E-state index in [4.69, 9.17) is 9.15 Å². The molecule has 0 radical (unpaired) electrons. The van der Waals surface area contributed by atoms with Gasteiger partial charge in [-0.2, -0.15) is 0 Å². The van der Waals surface area contributed by atoms with Crippen molar-refractivity contribution in [3.63, 3.8) is 0 Å². The third-order valence-electron chi connectivity index (χ3n) is 3.82. The molecule has 0 saturated carbocycles. The molecule has 0 spiro atoms. The van der Waals surface area contributed by atoms with Crippen molar-refractivity contribution < 1.29 is 23.1 Å². The molecule has 2 rings (SSSR count). The molecule has 0 fully saturated rings. The third-order valence-corrected chi connectivity index (χ3v) is 3.82. The van der Waals surface area contributed by atoms with Crippen LogP contribution in [0.3, 0.4) is 0 Å². The quantitative estimate of drug-likeness (QED) is 0.692. The van der Waals surface area contributed by atoms with E-state index in [0.717, 1.165) is 12.8 Å². The number of carbonyl (C=O) groups is 2. The van der Waals surface area contributed by atoms with Gasteiger partial charge in [-0.25, -0.2) is 4.39 Å². The third kappa shape index (κ3) is 5.16. The Labute approximate surface area is 151 Å².